The van der Waals surface area contributed by atoms with Crippen molar-refractivity contribution in [3.05, 3.63) is 23.9 Å². The first-order chi connectivity index (χ1) is 7.22. The molecule has 3 heteroatoms. The summed E-state index contributed by atoms with van der Waals surface area (Å²) in [7, 11) is 0. The minimum absolute atomic E-state index is 0.673. The number of hydrogen-bond donors (Lipinski definition) is 0. The van der Waals surface area contributed by atoms with Gasteiger partial charge in [-0.25, -0.2) is 4.98 Å². The zero-order valence-electron chi connectivity index (χ0n) is 9.18. The van der Waals surface area contributed by atoms with E-state index in [0.29, 0.717) is 17.4 Å². The summed E-state index contributed by atoms with van der Waals surface area (Å²) in [6.45, 7) is 6.49. The van der Waals surface area contributed by atoms with Gasteiger partial charge >= 0.3 is 0 Å². The largest absolute Gasteiger partial charge is 0.355 e. The van der Waals surface area contributed by atoms with Gasteiger partial charge in [-0.3, -0.25) is 4.79 Å². The molecule has 2 unspecified atom stereocenters. The van der Waals surface area contributed by atoms with Crippen molar-refractivity contribution in [2.24, 2.45) is 11.8 Å². The van der Waals surface area contributed by atoms with Crippen LogP contribution in [-0.4, -0.2) is 24.4 Å². The van der Waals surface area contributed by atoms with E-state index >= 15 is 0 Å². The summed E-state index contributed by atoms with van der Waals surface area (Å²) in [6.07, 6.45) is 2.63. The smallest absolute Gasteiger partial charge is 0.153 e. The van der Waals surface area contributed by atoms with Gasteiger partial charge in [-0.05, 0) is 24.0 Å². The molecule has 0 N–H and O–H groups in total. The molecule has 0 amide bonds. The number of pyridine rings is 1. The van der Waals surface area contributed by atoms with E-state index in [1.54, 1.807) is 12.3 Å². The lowest BCUT2D eigenvalue weighted by atomic mass is 10.0. The summed E-state index contributed by atoms with van der Waals surface area (Å²) in [5, 5.41) is 0. The van der Waals surface area contributed by atoms with E-state index in [1.165, 1.54) is 0 Å². The Morgan fingerprint density at radius 1 is 1.40 bits per heavy atom. The molecule has 1 aromatic heterocycles. The summed E-state index contributed by atoms with van der Waals surface area (Å²) in [5.41, 5.74) is 0.693. The van der Waals surface area contributed by atoms with Crippen LogP contribution >= 0.6 is 0 Å². The summed E-state index contributed by atoms with van der Waals surface area (Å²) in [6, 6.07) is 3.62. The van der Waals surface area contributed by atoms with Crippen LogP contribution in [0.4, 0.5) is 5.82 Å². The molecule has 0 aliphatic carbocycles. The first-order valence-corrected chi connectivity index (χ1v) is 5.37. The van der Waals surface area contributed by atoms with E-state index in [2.05, 4.69) is 23.7 Å². The Bertz CT molecular complexity index is 354. The zero-order chi connectivity index (χ0) is 10.8. The molecule has 0 radical (unpaired) electrons. The lowest BCUT2D eigenvalue weighted by Crippen LogP contribution is -2.22. The van der Waals surface area contributed by atoms with Crippen molar-refractivity contribution >= 4 is 12.1 Å². The number of aldehydes is 1. The van der Waals surface area contributed by atoms with Gasteiger partial charge in [0, 0.05) is 19.3 Å². The Kier molecular flexibility index (Phi) is 2.71. The molecule has 1 aliphatic heterocycles. The molecule has 0 bridgehead atoms. The van der Waals surface area contributed by atoms with Crippen molar-refractivity contribution < 1.29 is 4.79 Å². The van der Waals surface area contributed by atoms with Crippen LogP contribution in [0.2, 0.25) is 0 Å². The van der Waals surface area contributed by atoms with Crippen molar-refractivity contribution in [3.63, 3.8) is 0 Å². The number of nitrogens with zero attached hydrogens (tertiary/aromatic N) is 2. The number of carbonyl (C=O) groups excluding carboxylic acids is 1. The molecule has 2 rings (SSSR count). The van der Waals surface area contributed by atoms with E-state index in [9.17, 15) is 4.79 Å². The first-order valence-electron chi connectivity index (χ1n) is 5.37. The molecule has 0 saturated carbocycles. The molecule has 1 saturated heterocycles. The van der Waals surface area contributed by atoms with Crippen LogP contribution in [0.25, 0.3) is 0 Å². The van der Waals surface area contributed by atoms with Gasteiger partial charge in [0.2, 0.25) is 0 Å². The Hall–Kier alpha value is -1.38. The highest BCUT2D eigenvalue weighted by molar-refractivity contribution is 5.82. The third kappa shape index (κ3) is 1.87. The summed E-state index contributed by atoms with van der Waals surface area (Å²) in [5.74, 6) is 2.18. The Balaban J connectivity index is 2.27. The molecular formula is C12H16N2O. The minimum Gasteiger partial charge on any atom is -0.355 e. The topological polar surface area (TPSA) is 33.2 Å². The fourth-order valence-electron chi connectivity index (χ4n) is 2.07. The highest BCUT2D eigenvalue weighted by atomic mass is 16.1. The second-order valence-corrected chi connectivity index (χ2v) is 4.39. The standard InChI is InChI=1S/C12H16N2O/c1-9-6-14(7-10(9)2)12-11(8-15)4-3-5-13-12/h3-5,8-10H,6-7H2,1-2H3. The lowest BCUT2D eigenvalue weighted by Gasteiger charge is -2.18. The average Bonchev–Trinajstić information content (AvgIpc) is 2.59. The van der Waals surface area contributed by atoms with Gasteiger partial charge < -0.3 is 4.90 Å². The monoisotopic (exact) mass is 204 g/mol. The molecule has 2 heterocycles. The minimum atomic E-state index is 0.673. The number of carbonyl (C=O) groups is 1. The van der Waals surface area contributed by atoms with Crippen LogP contribution < -0.4 is 4.90 Å². The van der Waals surface area contributed by atoms with Crippen LogP contribution in [0, 0.1) is 11.8 Å². The maximum absolute atomic E-state index is 10.9. The SMILES string of the molecule is CC1CN(c2ncccc2C=O)CC1C. The molecule has 2 atom stereocenters. The van der Waals surface area contributed by atoms with E-state index < -0.39 is 0 Å². The Morgan fingerprint density at radius 2 is 2.07 bits per heavy atom. The third-order valence-electron chi connectivity index (χ3n) is 3.23. The maximum atomic E-state index is 10.9. The number of anilines is 1. The van der Waals surface area contributed by atoms with Crippen LogP contribution in [0.3, 0.4) is 0 Å². The van der Waals surface area contributed by atoms with Crippen LogP contribution in [0.15, 0.2) is 18.3 Å². The zero-order valence-corrected chi connectivity index (χ0v) is 9.18. The third-order valence-corrected chi connectivity index (χ3v) is 3.23. The number of rotatable bonds is 2. The molecule has 15 heavy (non-hydrogen) atoms. The number of aromatic nitrogens is 1. The van der Waals surface area contributed by atoms with Gasteiger partial charge in [-0.15, -0.1) is 0 Å². The molecule has 1 aromatic rings. The van der Waals surface area contributed by atoms with Gasteiger partial charge in [0.1, 0.15) is 5.82 Å². The molecule has 1 aliphatic rings. The van der Waals surface area contributed by atoms with Gasteiger partial charge in [-0.1, -0.05) is 13.8 Å². The highest BCUT2D eigenvalue weighted by Crippen LogP contribution is 2.27. The molecular weight excluding hydrogens is 188 g/mol. The van der Waals surface area contributed by atoms with Crippen molar-refractivity contribution in [1.82, 2.24) is 4.98 Å². The molecule has 1 fully saturated rings. The van der Waals surface area contributed by atoms with Crippen molar-refractivity contribution in [3.8, 4) is 0 Å². The Morgan fingerprint density at radius 3 is 2.67 bits per heavy atom. The van der Waals surface area contributed by atoms with E-state index in [0.717, 1.165) is 25.2 Å². The second kappa shape index (κ2) is 4.01. The number of hydrogen-bond acceptors (Lipinski definition) is 3. The second-order valence-electron chi connectivity index (χ2n) is 4.39. The Labute approximate surface area is 90.1 Å². The first kappa shape index (κ1) is 10.1. The normalized spacial score (nSPS) is 25.6. The van der Waals surface area contributed by atoms with Gasteiger partial charge in [0.25, 0.3) is 0 Å². The highest BCUT2D eigenvalue weighted by Gasteiger charge is 2.27. The summed E-state index contributed by atoms with van der Waals surface area (Å²) in [4.78, 5) is 17.4. The van der Waals surface area contributed by atoms with E-state index in [4.69, 9.17) is 0 Å². The van der Waals surface area contributed by atoms with Crippen molar-refractivity contribution in [1.29, 1.82) is 0 Å². The van der Waals surface area contributed by atoms with E-state index in [-0.39, 0.29) is 0 Å². The maximum Gasteiger partial charge on any atom is 0.153 e. The molecule has 0 aromatic carbocycles. The molecule has 80 valence electrons. The summed E-state index contributed by atoms with van der Waals surface area (Å²) >= 11 is 0. The average molecular weight is 204 g/mol. The predicted octanol–water partition coefficient (Wildman–Crippen LogP) is 1.99. The molecule has 0 spiro atoms. The fourth-order valence-corrected chi connectivity index (χ4v) is 2.07. The van der Waals surface area contributed by atoms with Gasteiger partial charge in [-0.2, -0.15) is 0 Å². The van der Waals surface area contributed by atoms with Crippen LogP contribution in [-0.2, 0) is 0 Å². The summed E-state index contributed by atoms with van der Waals surface area (Å²) < 4.78 is 0. The lowest BCUT2D eigenvalue weighted by molar-refractivity contribution is 0.112. The predicted molar refractivity (Wildman–Crippen MR) is 60.2 cm³/mol. The van der Waals surface area contributed by atoms with Crippen LogP contribution in [0.1, 0.15) is 24.2 Å². The van der Waals surface area contributed by atoms with Crippen LogP contribution in [0.5, 0.6) is 0 Å². The van der Waals surface area contributed by atoms with Crippen molar-refractivity contribution in [2.45, 2.75) is 13.8 Å². The quantitative estimate of drug-likeness (QED) is 0.691. The van der Waals surface area contributed by atoms with Crippen molar-refractivity contribution in [2.75, 3.05) is 18.0 Å². The van der Waals surface area contributed by atoms with Gasteiger partial charge in [0.15, 0.2) is 6.29 Å². The van der Waals surface area contributed by atoms with E-state index in [1.807, 2.05) is 6.07 Å². The fraction of sp³-hybridized carbons (Fsp3) is 0.500. The van der Waals surface area contributed by atoms with Gasteiger partial charge in [0.05, 0.1) is 5.56 Å². The molecule has 3 nitrogen and oxygen atoms in total.